The summed E-state index contributed by atoms with van der Waals surface area (Å²) < 4.78 is 5.10. The Balaban J connectivity index is 1.98. The number of nitrogens with one attached hydrogen (secondary N) is 1. The third kappa shape index (κ3) is 5.80. The fraction of sp³-hybridized carbons (Fsp3) is 0.632. The number of guanidine groups is 1. The van der Waals surface area contributed by atoms with Gasteiger partial charge in [-0.2, -0.15) is 0 Å². The second-order valence-electron chi connectivity index (χ2n) is 6.79. The fourth-order valence-corrected chi connectivity index (χ4v) is 3.24. The Hall–Kier alpha value is -1.59. The van der Waals surface area contributed by atoms with Crippen molar-refractivity contribution in [2.75, 3.05) is 20.3 Å². The molecule has 1 aliphatic heterocycles. The molecular weight excluding hydrogens is 300 g/mol. The number of aliphatic imine (C=N–C) groups is 1. The van der Waals surface area contributed by atoms with Crippen LogP contribution in [-0.2, 0) is 17.8 Å². The van der Waals surface area contributed by atoms with E-state index in [1.807, 2.05) is 6.92 Å². The number of benzene rings is 1. The van der Waals surface area contributed by atoms with Crippen LogP contribution in [0, 0.1) is 0 Å². The lowest BCUT2D eigenvalue weighted by atomic mass is 10.0. The molecule has 0 saturated carbocycles. The molecule has 0 aromatic heterocycles. The van der Waals surface area contributed by atoms with Gasteiger partial charge in [-0.25, -0.2) is 4.99 Å². The summed E-state index contributed by atoms with van der Waals surface area (Å²) in [4.78, 5) is 7.08. The molecule has 5 heteroatoms. The average molecular weight is 332 g/mol. The topological polar surface area (TPSA) is 62.9 Å². The number of hydrogen-bond donors (Lipinski definition) is 2. The van der Waals surface area contributed by atoms with Crippen LogP contribution in [0.4, 0.5) is 0 Å². The molecule has 1 fully saturated rings. The zero-order valence-electron chi connectivity index (χ0n) is 15.3. The number of nitrogens with zero attached hydrogens (tertiary/aromatic N) is 2. The number of nitrogens with two attached hydrogens (primary N) is 1. The van der Waals surface area contributed by atoms with Crippen molar-refractivity contribution >= 4 is 5.96 Å². The van der Waals surface area contributed by atoms with Gasteiger partial charge < -0.3 is 15.8 Å². The van der Waals surface area contributed by atoms with E-state index in [1.54, 1.807) is 7.11 Å². The maximum absolute atomic E-state index is 5.98. The molecule has 0 radical (unpaired) electrons. The van der Waals surface area contributed by atoms with Crippen LogP contribution in [0.5, 0.6) is 0 Å². The summed E-state index contributed by atoms with van der Waals surface area (Å²) in [5.74, 6) is 0.473. The Morgan fingerprint density at radius 2 is 2.12 bits per heavy atom. The van der Waals surface area contributed by atoms with Crippen LogP contribution in [0.15, 0.2) is 29.3 Å². The van der Waals surface area contributed by atoms with Gasteiger partial charge in [0.1, 0.15) is 0 Å². The molecule has 2 rings (SSSR count). The lowest BCUT2D eigenvalue weighted by Gasteiger charge is -2.33. The third-order valence-electron chi connectivity index (χ3n) is 4.66. The lowest BCUT2D eigenvalue weighted by molar-refractivity contribution is 0.152. The summed E-state index contributed by atoms with van der Waals surface area (Å²) in [6, 6.07) is 9.37. The molecule has 0 amide bonds. The highest BCUT2D eigenvalue weighted by atomic mass is 16.5. The normalized spacial score (nSPS) is 20.8. The highest BCUT2D eigenvalue weighted by molar-refractivity contribution is 5.78. The van der Waals surface area contributed by atoms with E-state index in [2.05, 4.69) is 46.4 Å². The fourth-order valence-electron chi connectivity index (χ4n) is 3.24. The summed E-state index contributed by atoms with van der Waals surface area (Å²) in [6.07, 6.45) is 3.96. The van der Waals surface area contributed by atoms with Crippen molar-refractivity contribution in [3.8, 4) is 0 Å². The van der Waals surface area contributed by atoms with Gasteiger partial charge in [0, 0.05) is 25.7 Å². The van der Waals surface area contributed by atoms with Crippen LogP contribution in [0.2, 0.25) is 0 Å². The third-order valence-corrected chi connectivity index (χ3v) is 4.66. The van der Waals surface area contributed by atoms with Crippen molar-refractivity contribution in [3.63, 3.8) is 0 Å². The van der Waals surface area contributed by atoms with Crippen LogP contribution < -0.4 is 11.1 Å². The molecule has 1 heterocycles. The smallest absolute Gasteiger partial charge is 0.189 e. The minimum Gasteiger partial charge on any atom is -0.383 e. The number of hydrogen-bond acceptors (Lipinski definition) is 3. The maximum atomic E-state index is 5.98. The molecule has 134 valence electrons. The first-order valence-corrected chi connectivity index (χ1v) is 8.96. The summed E-state index contributed by atoms with van der Waals surface area (Å²) in [6.45, 7) is 7.77. The highest BCUT2D eigenvalue weighted by Crippen LogP contribution is 2.21. The molecule has 1 aliphatic rings. The predicted molar refractivity (Wildman–Crippen MR) is 100.0 cm³/mol. The van der Waals surface area contributed by atoms with Gasteiger partial charge in [-0.1, -0.05) is 30.7 Å². The van der Waals surface area contributed by atoms with Gasteiger partial charge in [0.2, 0.25) is 0 Å². The first-order chi connectivity index (χ1) is 11.6. The number of likely N-dealkylation sites (tertiary alicyclic amines) is 1. The molecule has 0 bridgehead atoms. The summed E-state index contributed by atoms with van der Waals surface area (Å²) in [5.41, 5.74) is 8.59. The van der Waals surface area contributed by atoms with Crippen molar-refractivity contribution in [2.24, 2.45) is 10.7 Å². The summed E-state index contributed by atoms with van der Waals surface area (Å²) in [7, 11) is 1.68. The molecular formula is C19H32N4O. The molecule has 2 atom stereocenters. The Morgan fingerprint density at radius 3 is 2.83 bits per heavy atom. The zero-order valence-corrected chi connectivity index (χ0v) is 15.3. The van der Waals surface area contributed by atoms with E-state index in [4.69, 9.17) is 10.5 Å². The van der Waals surface area contributed by atoms with Crippen LogP contribution in [-0.4, -0.2) is 43.2 Å². The van der Waals surface area contributed by atoms with Crippen molar-refractivity contribution in [3.05, 3.63) is 35.4 Å². The van der Waals surface area contributed by atoms with Crippen LogP contribution >= 0.6 is 0 Å². The van der Waals surface area contributed by atoms with Crippen LogP contribution in [0.1, 0.15) is 44.2 Å². The van der Waals surface area contributed by atoms with Gasteiger partial charge in [-0.15, -0.1) is 0 Å². The molecule has 0 aliphatic carbocycles. The molecule has 24 heavy (non-hydrogen) atoms. The maximum Gasteiger partial charge on any atom is 0.189 e. The average Bonchev–Trinajstić information content (AvgIpc) is 2.56. The van der Waals surface area contributed by atoms with E-state index < -0.39 is 0 Å². The molecule has 3 N–H and O–H groups in total. The minimum absolute atomic E-state index is 0.156. The van der Waals surface area contributed by atoms with E-state index in [-0.39, 0.29) is 6.04 Å². The predicted octanol–water partition coefficient (Wildman–Crippen LogP) is 2.50. The van der Waals surface area contributed by atoms with Crippen molar-refractivity contribution in [1.82, 2.24) is 10.2 Å². The number of ether oxygens (including phenoxy) is 1. The van der Waals surface area contributed by atoms with E-state index >= 15 is 0 Å². The first kappa shape index (κ1) is 18.7. The largest absolute Gasteiger partial charge is 0.383 e. The van der Waals surface area contributed by atoms with Crippen LogP contribution in [0.25, 0.3) is 0 Å². The van der Waals surface area contributed by atoms with Crippen LogP contribution in [0.3, 0.4) is 0 Å². The van der Waals surface area contributed by atoms with E-state index in [0.717, 1.165) is 6.54 Å². The second-order valence-corrected chi connectivity index (χ2v) is 6.79. The monoisotopic (exact) mass is 332 g/mol. The Bertz CT molecular complexity index is 532. The number of piperidine rings is 1. The molecule has 0 spiro atoms. The molecule has 1 aromatic rings. The molecule has 2 unspecified atom stereocenters. The highest BCUT2D eigenvalue weighted by Gasteiger charge is 2.19. The van der Waals surface area contributed by atoms with Gasteiger partial charge in [-0.3, -0.25) is 4.90 Å². The lowest BCUT2D eigenvalue weighted by Crippen LogP contribution is -2.40. The summed E-state index contributed by atoms with van der Waals surface area (Å²) in [5, 5.41) is 3.15. The zero-order chi connectivity index (χ0) is 17.4. The second kappa shape index (κ2) is 9.64. The van der Waals surface area contributed by atoms with Crippen molar-refractivity contribution < 1.29 is 4.74 Å². The van der Waals surface area contributed by atoms with Crippen molar-refractivity contribution in [2.45, 2.75) is 58.3 Å². The van der Waals surface area contributed by atoms with Gasteiger partial charge in [-0.05, 0) is 44.4 Å². The van der Waals surface area contributed by atoms with E-state index in [9.17, 15) is 0 Å². The Kier molecular flexibility index (Phi) is 7.53. The van der Waals surface area contributed by atoms with Crippen molar-refractivity contribution in [1.29, 1.82) is 0 Å². The minimum atomic E-state index is 0.156. The standard InChI is InChI=1S/C19H32N4O/c1-15(14-24-3)22-19(20)21-12-17-9-4-5-10-18(17)13-23-11-7-6-8-16(23)2/h4-5,9-10,15-16H,6-8,11-14H2,1-3H3,(H3,20,21,22). The molecule has 5 nitrogen and oxygen atoms in total. The van der Waals surface area contributed by atoms with Gasteiger partial charge in [0.05, 0.1) is 13.2 Å². The van der Waals surface area contributed by atoms with Gasteiger partial charge >= 0.3 is 0 Å². The van der Waals surface area contributed by atoms with Gasteiger partial charge in [0.25, 0.3) is 0 Å². The molecule has 1 aromatic carbocycles. The number of rotatable bonds is 7. The van der Waals surface area contributed by atoms with Gasteiger partial charge in [0.15, 0.2) is 5.96 Å². The Morgan fingerprint density at radius 1 is 1.38 bits per heavy atom. The molecule has 1 saturated heterocycles. The van der Waals surface area contributed by atoms with E-state index in [0.29, 0.717) is 25.2 Å². The van der Waals surface area contributed by atoms with E-state index in [1.165, 1.54) is 36.9 Å². The Labute approximate surface area is 146 Å². The number of methoxy groups -OCH3 is 1. The summed E-state index contributed by atoms with van der Waals surface area (Å²) >= 11 is 0. The quantitative estimate of drug-likeness (QED) is 0.595. The SMILES string of the molecule is COCC(C)NC(N)=NCc1ccccc1CN1CCCCC1C. The first-order valence-electron chi connectivity index (χ1n) is 8.96.